The van der Waals surface area contributed by atoms with Crippen LogP contribution in [0.2, 0.25) is 5.02 Å². The Hall–Kier alpha value is -1.03. The fourth-order valence-corrected chi connectivity index (χ4v) is 2.83. The molecule has 1 atom stereocenters. The minimum Gasteiger partial charge on any atom is -0.455 e. The van der Waals surface area contributed by atoms with Gasteiger partial charge < -0.3 is 10.1 Å². The molecule has 21 heavy (non-hydrogen) atoms. The molecule has 0 bridgehead atoms. The Morgan fingerprint density at radius 3 is 2.57 bits per heavy atom. The lowest BCUT2D eigenvalue weighted by Gasteiger charge is -2.18. The summed E-state index contributed by atoms with van der Waals surface area (Å²) in [4.78, 5) is 0. The standard InChI is InChI=1S/C17H19BrClNO/c1-4-20-12(3)14-10-13(18)6-8-16(14)21-17-7-5-11(2)9-15(17)19/h5-10,12,20H,4H2,1-3H3. The number of hydrogen-bond donors (Lipinski definition) is 1. The third kappa shape index (κ3) is 4.22. The summed E-state index contributed by atoms with van der Waals surface area (Å²) in [5.74, 6) is 1.49. The largest absolute Gasteiger partial charge is 0.455 e. The molecule has 0 aliphatic heterocycles. The Balaban J connectivity index is 2.34. The van der Waals surface area contributed by atoms with Crippen molar-refractivity contribution >= 4 is 27.5 Å². The zero-order valence-electron chi connectivity index (χ0n) is 12.4. The smallest absolute Gasteiger partial charge is 0.146 e. The van der Waals surface area contributed by atoms with Crippen LogP contribution in [0.4, 0.5) is 0 Å². The van der Waals surface area contributed by atoms with E-state index in [0.29, 0.717) is 10.8 Å². The molecule has 1 unspecified atom stereocenters. The zero-order chi connectivity index (χ0) is 15.4. The van der Waals surface area contributed by atoms with Gasteiger partial charge in [-0.25, -0.2) is 0 Å². The van der Waals surface area contributed by atoms with E-state index < -0.39 is 0 Å². The third-order valence-electron chi connectivity index (χ3n) is 3.26. The molecule has 0 aromatic heterocycles. The quantitative estimate of drug-likeness (QED) is 0.712. The van der Waals surface area contributed by atoms with Crippen molar-refractivity contribution < 1.29 is 4.74 Å². The second-order valence-corrected chi connectivity index (χ2v) is 6.32. The van der Waals surface area contributed by atoms with Crippen LogP contribution in [-0.4, -0.2) is 6.54 Å². The first kappa shape index (κ1) is 16.3. The molecular weight excluding hydrogens is 350 g/mol. The number of rotatable bonds is 5. The van der Waals surface area contributed by atoms with Gasteiger partial charge in [0, 0.05) is 16.1 Å². The Bertz CT molecular complexity index is 630. The second-order valence-electron chi connectivity index (χ2n) is 5.00. The van der Waals surface area contributed by atoms with Gasteiger partial charge in [0.15, 0.2) is 0 Å². The Labute approximate surface area is 139 Å². The first-order valence-corrected chi connectivity index (χ1v) is 8.15. The van der Waals surface area contributed by atoms with Crippen LogP contribution in [0.3, 0.4) is 0 Å². The van der Waals surface area contributed by atoms with Gasteiger partial charge in [-0.2, -0.15) is 0 Å². The summed E-state index contributed by atoms with van der Waals surface area (Å²) in [5, 5.41) is 4.03. The van der Waals surface area contributed by atoms with Gasteiger partial charge >= 0.3 is 0 Å². The summed E-state index contributed by atoms with van der Waals surface area (Å²) in [6, 6.07) is 12.0. The molecule has 2 aromatic carbocycles. The number of hydrogen-bond acceptors (Lipinski definition) is 2. The Morgan fingerprint density at radius 2 is 1.90 bits per heavy atom. The van der Waals surface area contributed by atoms with E-state index in [1.165, 1.54) is 0 Å². The molecule has 1 N–H and O–H groups in total. The topological polar surface area (TPSA) is 21.3 Å². The number of aryl methyl sites for hydroxylation is 1. The van der Waals surface area contributed by atoms with Gasteiger partial charge in [0.05, 0.1) is 5.02 Å². The first-order valence-electron chi connectivity index (χ1n) is 6.98. The number of halogens is 2. The Morgan fingerprint density at radius 1 is 1.19 bits per heavy atom. The number of nitrogens with one attached hydrogen (secondary N) is 1. The highest BCUT2D eigenvalue weighted by atomic mass is 79.9. The molecule has 0 aliphatic rings. The van der Waals surface area contributed by atoms with Crippen LogP contribution in [0.1, 0.15) is 31.0 Å². The highest BCUT2D eigenvalue weighted by Gasteiger charge is 2.13. The van der Waals surface area contributed by atoms with Crippen LogP contribution >= 0.6 is 27.5 Å². The molecule has 2 aromatic rings. The zero-order valence-corrected chi connectivity index (χ0v) is 14.8. The maximum atomic E-state index is 6.25. The number of benzene rings is 2. The van der Waals surface area contributed by atoms with Crippen molar-refractivity contribution in [2.75, 3.05) is 6.54 Å². The summed E-state index contributed by atoms with van der Waals surface area (Å²) >= 11 is 9.77. The molecule has 2 nitrogen and oxygen atoms in total. The lowest BCUT2D eigenvalue weighted by molar-refractivity contribution is 0.463. The second kappa shape index (κ2) is 7.30. The minimum atomic E-state index is 0.201. The minimum absolute atomic E-state index is 0.201. The maximum absolute atomic E-state index is 6.25. The third-order valence-corrected chi connectivity index (χ3v) is 4.04. The highest BCUT2D eigenvalue weighted by Crippen LogP contribution is 2.35. The van der Waals surface area contributed by atoms with Crippen molar-refractivity contribution in [1.29, 1.82) is 0 Å². The van der Waals surface area contributed by atoms with E-state index in [1.54, 1.807) is 0 Å². The van der Waals surface area contributed by atoms with Crippen LogP contribution in [0.5, 0.6) is 11.5 Å². The predicted octanol–water partition coefficient (Wildman–Crippen LogP) is 5.87. The predicted molar refractivity (Wildman–Crippen MR) is 92.5 cm³/mol. The summed E-state index contributed by atoms with van der Waals surface area (Å²) in [6.45, 7) is 7.12. The molecule has 0 heterocycles. The van der Waals surface area contributed by atoms with Crippen molar-refractivity contribution in [3.8, 4) is 11.5 Å². The van der Waals surface area contributed by atoms with Crippen molar-refractivity contribution in [2.45, 2.75) is 26.8 Å². The summed E-state index contributed by atoms with van der Waals surface area (Å²) in [7, 11) is 0. The molecule has 0 radical (unpaired) electrons. The van der Waals surface area contributed by atoms with Gasteiger partial charge in [0.2, 0.25) is 0 Å². The van der Waals surface area contributed by atoms with Crippen LogP contribution in [0, 0.1) is 6.92 Å². The molecule has 0 aliphatic carbocycles. The lowest BCUT2D eigenvalue weighted by Crippen LogP contribution is -2.18. The van der Waals surface area contributed by atoms with Crippen LogP contribution < -0.4 is 10.1 Å². The van der Waals surface area contributed by atoms with Gasteiger partial charge in [-0.1, -0.05) is 40.5 Å². The fourth-order valence-electron chi connectivity index (χ4n) is 2.17. The monoisotopic (exact) mass is 367 g/mol. The number of ether oxygens (including phenoxy) is 1. The van der Waals surface area contributed by atoms with E-state index >= 15 is 0 Å². The Kier molecular flexibility index (Phi) is 5.68. The van der Waals surface area contributed by atoms with Gasteiger partial charge in [-0.15, -0.1) is 0 Å². The van der Waals surface area contributed by atoms with Crippen LogP contribution in [-0.2, 0) is 0 Å². The molecule has 4 heteroatoms. The lowest BCUT2D eigenvalue weighted by atomic mass is 10.1. The van der Waals surface area contributed by atoms with E-state index in [4.69, 9.17) is 16.3 Å². The molecule has 0 saturated carbocycles. The maximum Gasteiger partial charge on any atom is 0.146 e. The van der Waals surface area contributed by atoms with Crippen LogP contribution in [0.25, 0.3) is 0 Å². The van der Waals surface area contributed by atoms with E-state index in [9.17, 15) is 0 Å². The SMILES string of the molecule is CCNC(C)c1cc(Br)ccc1Oc1ccc(C)cc1Cl. The average molecular weight is 369 g/mol. The summed E-state index contributed by atoms with van der Waals surface area (Å²) in [6.07, 6.45) is 0. The van der Waals surface area contributed by atoms with Crippen molar-refractivity contribution in [3.05, 3.63) is 57.0 Å². The fraction of sp³-hybridized carbons (Fsp3) is 0.294. The molecule has 0 fully saturated rings. The van der Waals surface area contributed by atoms with Gasteiger partial charge in [0.1, 0.15) is 11.5 Å². The molecule has 0 saturated heterocycles. The average Bonchev–Trinajstić information content (AvgIpc) is 2.43. The van der Waals surface area contributed by atoms with Crippen LogP contribution in [0.15, 0.2) is 40.9 Å². The van der Waals surface area contributed by atoms with E-state index in [0.717, 1.165) is 27.9 Å². The van der Waals surface area contributed by atoms with Crippen molar-refractivity contribution in [2.24, 2.45) is 0 Å². The normalized spacial score (nSPS) is 12.2. The molecule has 2 rings (SSSR count). The summed E-state index contributed by atoms with van der Waals surface area (Å²) < 4.78 is 7.06. The first-order chi connectivity index (χ1) is 10.0. The molecule has 112 valence electrons. The van der Waals surface area contributed by atoms with E-state index in [2.05, 4.69) is 41.2 Å². The van der Waals surface area contributed by atoms with E-state index in [-0.39, 0.29) is 6.04 Å². The molecular formula is C17H19BrClNO. The highest BCUT2D eigenvalue weighted by molar-refractivity contribution is 9.10. The van der Waals surface area contributed by atoms with Crippen molar-refractivity contribution in [3.63, 3.8) is 0 Å². The van der Waals surface area contributed by atoms with Gasteiger partial charge in [-0.3, -0.25) is 0 Å². The summed E-state index contributed by atoms with van der Waals surface area (Å²) in [5.41, 5.74) is 2.22. The van der Waals surface area contributed by atoms with E-state index in [1.807, 2.05) is 37.3 Å². The molecule has 0 spiro atoms. The van der Waals surface area contributed by atoms with Gasteiger partial charge in [-0.05, 0) is 56.3 Å². The van der Waals surface area contributed by atoms with Crippen molar-refractivity contribution in [1.82, 2.24) is 5.32 Å². The van der Waals surface area contributed by atoms with Gasteiger partial charge in [0.25, 0.3) is 0 Å². The molecule has 0 amide bonds.